The van der Waals surface area contributed by atoms with Crippen LogP contribution in [0.1, 0.15) is 30.4 Å². The van der Waals surface area contributed by atoms with Crippen molar-refractivity contribution in [3.05, 3.63) is 47.5 Å². The molecule has 1 unspecified atom stereocenters. The predicted molar refractivity (Wildman–Crippen MR) is 91.8 cm³/mol. The number of benzene rings is 2. The number of rotatable bonds is 6. The molecule has 22 heavy (non-hydrogen) atoms. The molecule has 0 aliphatic rings. The van der Waals surface area contributed by atoms with Gasteiger partial charge in [-0.15, -0.1) is 0 Å². The van der Waals surface area contributed by atoms with Crippen LogP contribution in [0.5, 0.6) is 11.5 Å². The van der Waals surface area contributed by atoms with Crippen molar-refractivity contribution in [1.29, 1.82) is 0 Å². The summed E-state index contributed by atoms with van der Waals surface area (Å²) in [4.78, 5) is 0. The van der Waals surface area contributed by atoms with Gasteiger partial charge in [-0.25, -0.2) is 0 Å². The van der Waals surface area contributed by atoms with E-state index in [0.717, 1.165) is 29.0 Å². The fraction of sp³-hybridized carbons (Fsp3) is 0.368. The highest BCUT2D eigenvalue weighted by atomic mass is 16.5. The van der Waals surface area contributed by atoms with Crippen molar-refractivity contribution >= 4 is 0 Å². The lowest BCUT2D eigenvalue weighted by molar-refractivity contribution is 0.355. The Morgan fingerprint density at radius 3 is 2.27 bits per heavy atom. The average molecular weight is 299 g/mol. The fourth-order valence-electron chi connectivity index (χ4n) is 2.63. The fourth-order valence-corrected chi connectivity index (χ4v) is 2.63. The molecule has 1 atom stereocenters. The molecule has 0 fully saturated rings. The van der Waals surface area contributed by atoms with Gasteiger partial charge in [0.15, 0.2) is 11.5 Å². The molecule has 0 heterocycles. The monoisotopic (exact) mass is 299 g/mol. The Hall–Kier alpha value is -2.00. The highest BCUT2D eigenvalue weighted by Gasteiger charge is 2.16. The first-order chi connectivity index (χ1) is 10.6. The van der Waals surface area contributed by atoms with E-state index in [-0.39, 0.29) is 0 Å². The van der Waals surface area contributed by atoms with E-state index in [0.29, 0.717) is 12.5 Å². The first kappa shape index (κ1) is 16.4. The minimum atomic E-state index is 0.383. The quantitative estimate of drug-likeness (QED) is 0.872. The number of hydrogen-bond acceptors (Lipinski definition) is 3. The van der Waals surface area contributed by atoms with Crippen LogP contribution in [0.2, 0.25) is 0 Å². The van der Waals surface area contributed by atoms with Gasteiger partial charge in [0.25, 0.3) is 0 Å². The molecule has 3 nitrogen and oxygen atoms in total. The summed E-state index contributed by atoms with van der Waals surface area (Å²) in [7, 11) is 3.35. The number of hydrogen-bond donors (Lipinski definition) is 1. The van der Waals surface area contributed by atoms with Crippen LogP contribution in [0.15, 0.2) is 36.4 Å². The lowest BCUT2D eigenvalue weighted by Gasteiger charge is -2.18. The number of methoxy groups -OCH3 is 2. The Labute approximate surface area is 133 Å². The summed E-state index contributed by atoms with van der Waals surface area (Å²) in [6.07, 6.45) is 0.947. The second kappa shape index (κ2) is 7.32. The molecule has 0 aliphatic carbocycles. The number of aryl methyl sites for hydroxylation is 1. The number of ether oxygens (including phenoxy) is 2. The molecule has 0 spiro atoms. The lowest BCUT2D eigenvalue weighted by atomic mass is 9.92. The largest absolute Gasteiger partial charge is 0.493 e. The predicted octanol–water partition coefficient (Wildman–Crippen LogP) is 4.13. The third-order valence-electron chi connectivity index (χ3n) is 4.03. The van der Waals surface area contributed by atoms with Crippen LogP contribution < -0.4 is 15.2 Å². The zero-order chi connectivity index (χ0) is 16.1. The second-order valence-corrected chi connectivity index (χ2v) is 5.65. The molecule has 2 N–H and O–H groups in total. The van der Waals surface area contributed by atoms with Crippen LogP contribution in [0.4, 0.5) is 0 Å². The van der Waals surface area contributed by atoms with Crippen LogP contribution in [0, 0.1) is 6.92 Å². The molecule has 0 saturated carbocycles. The van der Waals surface area contributed by atoms with Gasteiger partial charge in [0.1, 0.15) is 0 Å². The summed E-state index contributed by atoms with van der Waals surface area (Å²) in [5.74, 6) is 1.92. The van der Waals surface area contributed by atoms with Crippen LogP contribution in [0.3, 0.4) is 0 Å². The maximum Gasteiger partial charge on any atom is 0.168 e. The molecule has 3 heteroatoms. The van der Waals surface area contributed by atoms with Gasteiger partial charge in [0.05, 0.1) is 14.2 Å². The van der Waals surface area contributed by atoms with Crippen LogP contribution in [-0.4, -0.2) is 20.8 Å². The van der Waals surface area contributed by atoms with Gasteiger partial charge < -0.3 is 15.2 Å². The standard InChI is InChI=1S/C19H25NO2/c1-13-5-7-15(8-6-13)17-11-16(14(2)9-10-20)12-18(21-3)19(17)22-4/h5-8,11-12,14H,9-10,20H2,1-4H3. The molecule has 118 valence electrons. The Bertz CT molecular complexity index is 620. The molecule has 0 amide bonds. The third kappa shape index (κ3) is 3.42. The van der Waals surface area contributed by atoms with Crippen molar-refractivity contribution in [2.24, 2.45) is 5.73 Å². The van der Waals surface area contributed by atoms with E-state index in [1.807, 2.05) is 0 Å². The maximum atomic E-state index is 5.70. The Kier molecular flexibility index (Phi) is 5.45. The summed E-state index contributed by atoms with van der Waals surface area (Å²) in [6.45, 7) is 4.95. The first-order valence-electron chi connectivity index (χ1n) is 7.63. The van der Waals surface area contributed by atoms with E-state index >= 15 is 0 Å². The van der Waals surface area contributed by atoms with Crippen molar-refractivity contribution in [1.82, 2.24) is 0 Å². The van der Waals surface area contributed by atoms with E-state index in [1.165, 1.54) is 11.1 Å². The molecule has 0 saturated heterocycles. The van der Waals surface area contributed by atoms with Gasteiger partial charge in [0, 0.05) is 5.56 Å². The summed E-state index contributed by atoms with van der Waals surface area (Å²) in [6, 6.07) is 12.7. The van der Waals surface area contributed by atoms with Crippen molar-refractivity contribution in [3.63, 3.8) is 0 Å². The molecule has 0 aromatic heterocycles. The maximum absolute atomic E-state index is 5.70. The minimum Gasteiger partial charge on any atom is -0.493 e. The summed E-state index contributed by atoms with van der Waals surface area (Å²) >= 11 is 0. The van der Waals surface area contributed by atoms with Crippen LogP contribution in [-0.2, 0) is 0 Å². The zero-order valence-corrected chi connectivity index (χ0v) is 13.8. The van der Waals surface area contributed by atoms with E-state index in [1.54, 1.807) is 14.2 Å². The molecule has 0 radical (unpaired) electrons. The van der Waals surface area contributed by atoms with Gasteiger partial charge in [0.2, 0.25) is 0 Å². The normalized spacial score (nSPS) is 12.0. The van der Waals surface area contributed by atoms with Gasteiger partial charge in [-0.05, 0) is 49.1 Å². The SMILES string of the molecule is COc1cc(C(C)CCN)cc(-c2ccc(C)cc2)c1OC. The van der Waals surface area contributed by atoms with E-state index < -0.39 is 0 Å². The zero-order valence-electron chi connectivity index (χ0n) is 13.8. The van der Waals surface area contributed by atoms with Gasteiger partial charge >= 0.3 is 0 Å². The minimum absolute atomic E-state index is 0.383. The van der Waals surface area contributed by atoms with E-state index in [9.17, 15) is 0 Å². The Balaban J connectivity index is 2.58. The summed E-state index contributed by atoms with van der Waals surface area (Å²) in [5.41, 5.74) is 10.3. The molecular formula is C19H25NO2. The molecule has 2 aromatic rings. The molecule has 2 aromatic carbocycles. The summed E-state index contributed by atoms with van der Waals surface area (Å²) < 4.78 is 11.1. The average Bonchev–Trinajstić information content (AvgIpc) is 2.54. The van der Waals surface area contributed by atoms with Crippen molar-refractivity contribution in [2.75, 3.05) is 20.8 Å². The lowest BCUT2D eigenvalue weighted by Crippen LogP contribution is -2.05. The smallest absolute Gasteiger partial charge is 0.168 e. The van der Waals surface area contributed by atoms with Crippen molar-refractivity contribution in [3.8, 4) is 22.6 Å². The van der Waals surface area contributed by atoms with E-state index in [4.69, 9.17) is 15.2 Å². The van der Waals surface area contributed by atoms with Crippen molar-refractivity contribution < 1.29 is 9.47 Å². The van der Waals surface area contributed by atoms with E-state index in [2.05, 4.69) is 50.2 Å². The molecule has 0 bridgehead atoms. The number of nitrogens with two attached hydrogens (primary N) is 1. The van der Waals surface area contributed by atoms with Gasteiger partial charge in [-0.3, -0.25) is 0 Å². The molecule has 2 rings (SSSR count). The highest BCUT2D eigenvalue weighted by Crippen LogP contribution is 2.41. The van der Waals surface area contributed by atoms with Gasteiger partial charge in [-0.2, -0.15) is 0 Å². The summed E-state index contributed by atoms with van der Waals surface area (Å²) in [5, 5.41) is 0. The van der Waals surface area contributed by atoms with Crippen LogP contribution >= 0.6 is 0 Å². The second-order valence-electron chi connectivity index (χ2n) is 5.65. The topological polar surface area (TPSA) is 44.5 Å². The molecule has 0 aliphatic heterocycles. The van der Waals surface area contributed by atoms with Crippen LogP contribution in [0.25, 0.3) is 11.1 Å². The third-order valence-corrected chi connectivity index (χ3v) is 4.03. The molecular weight excluding hydrogens is 274 g/mol. The Morgan fingerprint density at radius 2 is 1.73 bits per heavy atom. The van der Waals surface area contributed by atoms with Gasteiger partial charge in [-0.1, -0.05) is 36.8 Å². The first-order valence-corrected chi connectivity index (χ1v) is 7.63. The van der Waals surface area contributed by atoms with Crippen molar-refractivity contribution in [2.45, 2.75) is 26.2 Å². The Morgan fingerprint density at radius 1 is 1.05 bits per heavy atom. The highest BCUT2D eigenvalue weighted by molar-refractivity contribution is 5.75.